The molecule has 0 aliphatic carbocycles. The highest BCUT2D eigenvalue weighted by molar-refractivity contribution is 7.91. The number of halogens is 1. The molecule has 0 fully saturated rings. The van der Waals surface area contributed by atoms with E-state index in [0.717, 1.165) is 18.4 Å². The molecule has 128 valence electrons. The number of aromatic nitrogens is 1. The molecule has 1 heterocycles. The average molecular weight is 367 g/mol. The minimum absolute atomic E-state index is 0.0658. The fourth-order valence-electron chi connectivity index (χ4n) is 2.19. The molecule has 5 nitrogen and oxygen atoms in total. The first-order valence-corrected chi connectivity index (χ1v) is 9.65. The summed E-state index contributed by atoms with van der Waals surface area (Å²) < 4.78 is 24.4. The van der Waals surface area contributed by atoms with Crippen LogP contribution >= 0.6 is 11.6 Å². The molecule has 1 N–H and O–H groups in total. The Hall–Kier alpha value is -1.92. The van der Waals surface area contributed by atoms with Crippen LogP contribution in [0.5, 0.6) is 0 Å². The van der Waals surface area contributed by atoms with Crippen LogP contribution < -0.4 is 5.32 Å². The van der Waals surface area contributed by atoms with E-state index >= 15 is 0 Å². The number of carbonyl (C=O) groups excluding carboxylic acids is 1. The van der Waals surface area contributed by atoms with Crippen molar-refractivity contribution in [1.82, 2.24) is 10.3 Å². The Morgan fingerprint density at radius 2 is 1.96 bits per heavy atom. The van der Waals surface area contributed by atoms with Gasteiger partial charge in [0, 0.05) is 25.4 Å². The molecule has 0 saturated heterocycles. The Kier molecular flexibility index (Phi) is 6.75. The van der Waals surface area contributed by atoms with Crippen molar-refractivity contribution in [2.75, 3.05) is 12.3 Å². The summed E-state index contributed by atoms with van der Waals surface area (Å²) in [6, 6.07) is 10.1. The average Bonchev–Trinajstić information content (AvgIpc) is 2.58. The van der Waals surface area contributed by atoms with Crippen molar-refractivity contribution in [2.24, 2.45) is 0 Å². The predicted molar refractivity (Wildman–Crippen MR) is 93.7 cm³/mol. The van der Waals surface area contributed by atoms with Gasteiger partial charge in [0.25, 0.3) is 0 Å². The molecule has 1 aromatic heterocycles. The lowest BCUT2D eigenvalue weighted by Gasteiger charge is -2.07. The minimum Gasteiger partial charge on any atom is -0.356 e. The summed E-state index contributed by atoms with van der Waals surface area (Å²) in [4.78, 5) is 15.9. The van der Waals surface area contributed by atoms with Crippen LogP contribution in [-0.4, -0.2) is 31.6 Å². The molecule has 0 unspecified atom stereocenters. The molecule has 0 spiro atoms. The Balaban J connectivity index is 1.74. The second-order valence-electron chi connectivity index (χ2n) is 5.31. The van der Waals surface area contributed by atoms with Crippen molar-refractivity contribution < 1.29 is 13.2 Å². The topological polar surface area (TPSA) is 76.1 Å². The van der Waals surface area contributed by atoms with Gasteiger partial charge in [-0.1, -0.05) is 29.8 Å². The van der Waals surface area contributed by atoms with Gasteiger partial charge in [-0.25, -0.2) is 8.42 Å². The number of nitrogens with one attached hydrogen (secondary N) is 1. The van der Waals surface area contributed by atoms with Crippen molar-refractivity contribution in [3.8, 4) is 0 Å². The summed E-state index contributed by atoms with van der Waals surface area (Å²) in [7, 11) is -3.56. The standard InChI is InChI=1S/C17H19ClN2O3S/c18-15-7-1-2-8-16(15)24(22,23)12-9-17(21)20-11-4-6-14-5-3-10-19-13-14/h1-3,5,7-8,10,13H,4,6,9,11-12H2,(H,20,21). The second kappa shape index (κ2) is 8.80. The molecular weight excluding hydrogens is 348 g/mol. The summed E-state index contributed by atoms with van der Waals surface area (Å²) in [6.45, 7) is 0.500. The van der Waals surface area contributed by atoms with E-state index in [4.69, 9.17) is 11.6 Å². The Bertz CT molecular complexity index is 779. The summed E-state index contributed by atoms with van der Waals surface area (Å²) >= 11 is 5.90. The van der Waals surface area contributed by atoms with Crippen LogP contribution in [0.3, 0.4) is 0 Å². The molecule has 0 radical (unpaired) electrons. The molecule has 24 heavy (non-hydrogen) atoms. The molecule has 2 aromatic rings. The summed E-state index contributed by atoms with van der Waals surface area (Å²) in [5, 5.41) is 2.91. The SMILES string of the molecule is O=C(CCS(=O)(=O)c1ccccc1Cl)NCCCc1cccnc1. The first kappa shape index (κ1) is 18.4. The van der Waals surface area contributed by atoms with E-state index in [9.17, 15) is 13.2 Å². The number of benzene rings is 1. The van der Waals surface area contributed by atoms with E-state index in [0.29, 0.717) is 6.54 Å². The number of sulfone groups is 1. The zero-order chi connectivity index (χ0) is 17.4. The molecule has 0 aliphatic rings. The number of rotatable bonds is 8. The molecule has 0 atom stereocenters. The van der Waals surface area contributed by atoms with Crippen molar-refractivity contribution in [2.45, 2.75) is 24.2 Å². The van der Waals surface area contributed by atoms with Gasteiger partial charge in [-0.05, 0) is 36.6 Å². The van der Waals surface area contributed by atoms with Crippen LogP contribution in [0.25, 0.3) is 0 Å². The molecule has 0 bridgehead atoms. The number of pyridine rings is 1. The van der Waals surface area contributed by atoms with Gasteiger partial charge in [0.15, 0.2) is 9.84 Å². The normalized spacial score (nSPS) is 11.2. The molecule has 7 heteroatoms. The smallest absolute Gasteiger partial charge is 0.221 e. The van der Waals surface area contributed by atoms with E-state index in [1.54, 1.807) is 24.5 Å². The van der Waals surface area contributed by atoms with E-state index < -0.39 is 9.84 Å². The summed E-state index contributed by atoms with van der Waals surface area (Å²) in [5.41, 5.74) is 1.10. The van der Waals surface area contributed by atoms with Crippen LogP contribution in [0.15, 0.2) is 53.7 Å². The Morgan fingerprint density at radius 1 is 1.17 bits per heavy atom. The van der Waals surface area contributed by atoms with Gasteiger partial charge in [-0.2, -0.15) is 0 Å². The summed E-state index contributed by atoms with van der Waals surface area (Å²) in [5.74, 6) is -0.539. The number of aryl methyl sites for hydroxylation is 1. The third kappa shape index (κ3) is 5.62. The van der Waals surface area contributed by atoms with Gasteiger partial charge in [0.2, 0.25) is 5.91 Å². The van der Waals surface area contributed by atoms with E-state index in [2.05, 4.69) is 10.3 Å². The molecule has 0 aliphatic heterocycles. The largest absolute Gasteiger partial charge is 0.356 e. The van der Waals surface area contributed by atoms with Crippen LogP contribution in [-0.2, 0) is 21.1 Å². The maximum Gasteiger partial charge on any atom is 0.221 e. The number of amides is 1. The Labute approximate surface area is 147 Å². The third-order valence-electron chi connectivity index (χ3n) is 3.46. The van der Waals surface area contributed by atoms with Gasteiger partial charge in [-0.15, -0.1) is 0 Å². The third-order valence-corrected chi connectivity index (χ3v) is 5.67. The fraction of sp³-hybridized carbons (Fsp3) is 0.294. The maximum absolute atomic E-state index is 12.2. The highest BCUT2D eigenvalue weighted by atomic mass is 35.5. The number of carbonyl (C=O) groups is 1. The molecule has 1 aromatic carbocycles. The van der Waals surface area contributed by atoms with Crippen molar-refractivity contribution in [1.29, 1.82) is 0 Å². The highest BCUT2D eigenvalue weighted by Gasteiger charge is 2.18. The summed E-state index contributed by atoms with van der Waals surface area (Å²) in [6.07, 6.45) is 5.00. The van der Waals surface area contributed by atoms with Gasteiger partial charge < -0.3 is 5.32 Å². The minimum atomic E-state index is -3.56. The van der Waals surface area contributed by atoms with Gasteiger partial charge in [-0.3, -0.25) is 9.78 Å². The molecule has 2 rings (SSSR count). The lowest BCUT2D eigenvalue weighted by atomic mass is 10.1. The van der Waals surface area contributed by atoms with Crippen LogP contribution in [0, 0.1) is 0 Å². The zero-order valence-electron chi connectivity index (χ0n) is 13.1. The van der Waals surface area contributed by atoms with Crippen molar-refractivity contribution >= 4 is 27.3 Å². The van der Waals surface area contributed by atoms with Crippen LogP contribution in [0.4, 0.5) is 0 Å². The van der Waals surface area contributed by atoms with E-state index in [-0.39, 0.29) is 28.0 Å². The van der Waals surface area contributed by atoms with Gasteiger partial charge in [0.1, 0.15) is 0 Å². The monoisotopic (exact) mass is 366 g/mol. The van der Waals surface area contributed by atoms with Crippen LogP contribution in [0.2, 0.25) is 5.02 Å². The lowest BCUT2D eigenvalue weighted by Crippen LogP contribution is -2.26. The van der Waals surface area contributed by atoms with Crippen molar-refractivity contribution in [3.05, 3.63) is 59.4 Å². The highest BCUT2D eigenvalue weighted by Crippen LogP contribution is 2.22. The quantitative estimate of drug-likeness (QED) is 0.729. The number of nitrogens with zero attached hydrogens (tertiary/aromatic N) is 1. The zero-order valence-corrected chi connectivity index (χ0v) is 14.7. The van der Waals surface area contributed by atoms with Crippen molar-refractivity contribution in [3.63, 3.8) is 0 Å². The second-order valence-corrected chi connectivity index (χ2v) is 7.80. The first-order chi connectivity index (χ1) is 11.5. The molecule has 0 saturated carbocycles. The molecular formula is C17H19ClN2O3S. The Morgan fingerprint density at radius 3 is 2.67 bits per heavy atom. The number of hydrogen-bond acceptors (Lipinski definition) is 4. The van der Waals surface area contributed by atoms with E-state index in [1.807, 2.05) is 12.1 Å². The first-order valence-electron chi connectivity index (χ1n) is 7.62. The maximum atomic E-state index is 12.2. The van der Waals surface area contributed by atoms with E-state index in [1.165, 1.54) is 12.1 Å². The predicted octanol–water partition coefficient (Wildman–Crippen LogP) is 2.65. The lowest BCUT2D eigenvalue weighted by molar-refractivity contribution is -0.120. The van der Waals surface area contributed by atoms with Crippen LogP contribution in [0.1, 0.15) is 18.4 Å². The fourth-order valence-corrected chi connectivity index (χ4v) is 4.00. The molecule has 1 amide bonds. The van der Waals surface area contributed by atoms with Gasteiger partial charge in [0.05, 0.1) is 15.7 Å². The van der Waals surface area contributed by atoms with Gasteiger partial charge >= 0.3 is 0 Å². The number of hydrogen-bond donors (Lipinski definition) is 1.